The predicted molar refractivity (Wildman–Crippen MR) is 90.0 cm³/mol. The van der Waals surface area contributed by atoms with Gasteiger partial charge in [-0.05, 0) is 24.0 Å². The van der Waals surface area contributed by atoms with Gasteiger partial charge in [0.25, 0.3) is 0 Å². The van der Waals surface area contributed by atoms with Gasteiger partial charge in [0.2, 0.25) is 8.13 Å². The summed E-state index contributed by atoms with van der Waals surface area (Å²) in [7, 11) is 0. The molecule has 0 heterocycles. The molecule has 0 atom stereocenters. The quantitative estimate of drug-likeness (QED) is 0.600. The van der Waals surface area contributed by atoms with Crippen LogP contribution in [0.4, 0.5) is 0 Å². The van der Waals surface area contributed by atoms with Crippen molar-refractivity contribution in [1.82, 2.24) is 0 Å². The topological polar surface area (TPSA) is 20.2 Å². The molecule has 1 rings (SSSR count). The molecule has 0 aliphatic rings. The first kappa shape index (κ1) is 19.3. The highest BCUT2D eigenvalue weighted by Crippen LogP contribution is 2.61. The van der Waals surface area contributed by atoms with Crippen molar-refractivity contribution in [3.63, 3.8) is 0 Å². The van der Waals surface area contributed by atoms with E-state index in [-0.39, 0.29) is 6.61 Å². The number of aryl methyl sites for hydroxylation is 1. The molecule has 0 aromatic heterocycles. The van der Waals surface area contributed by atoms with Gasteiger partial charge in [-0.2, -0.15) is 0 Å². The summed E-state index contributed by atoms with van der Waals surface area (Å²) >= 11 is 42.1. The van der Waals surface area contributed by atoms with Crippen LogP contribution in [-0.2, 0) is 10.8 Å². The molecule has 0 saturated carbocycles. The molecule has 8 heteroatoms. The molecule has 0 radical (unpaired) electrons. The summed E-state index contributed by atoms with van der Waals surface area (Å²) in [6.45, 7) is 0.0310. The van der Waals surface area contributed by atoms with Gasteiger partial charge in [0.05, 0.1) is 0 Å². The summed E-state index contributed by atoms with van der Waals surface area (Å²) in [5, 5.41) is 8.93. The van der Waals surface area contributed by atoms with E-state index in [4.69, 9.17) is 86.3 Å². The number of rotatable bonds is 5. The second kappa shape index (κ2) is 7.19. The molecule has 0 saturated heterocycles. The summed E-state index contributed by atoms with van der Waals surface area (Å²) in [5.74, 6) is 0. The number of halogens is 7. The van der Waals surface area contributed by atoms with Crippen LogP contribution >= 0.6 is 81.2 Å². The van der Waals surface area contributed by atoms with Gasteiger partial charge >= 0.3 is 0 Å². The molecule has 20 heavy (non-hydrogen) atoms. The van der Waals surface area contributed by atoms with Crippen molar-refractivity contribution < 1.29 is 5.11 Å². The van der Waals surface area contributed by atoms with E-state index >= 15 is 0 Å². The highest BCUT2D eigenvalue weighted by Gasteiger charge is 2.61. The molecule has 0 fully saturated rings. The largest absolute Gasteiger partial charge is 0.396 e. The van der Waals surface area contributed by atoms with Gasteiger partial charge in [0.15, 0.2) is 4.33 Å². The number of aliphatic hydroxyl groups excluding tert-OH is 1. The fourth-order valence-electron chi connectivity index (χ4n) is 1.66. The molecule has 0 aliphatic heterocycles. The number of benzene rings is 1. The zero-order valence-corrected chi connectivity index (χ0v) is 15.3. The molecule has 1 N–H and O–H groups in total. The van der Waals surface area contributed by atoms with Gasteiger partial charge in [-0.1, -0.05) is 105 Å². The predicted octanol–water partition coefficient (Wildman–Crippen LogP) is 5.79. The summed E-state index contributed by atoms with van der Waals surface area (Å²) < 4.78 is -6.00. The monoisotopic (exact) mass is 416 g/mol. The molecule has 0 amide bonds. The molecule has 114 valence electrons. The van der Waals surface area contributed by atoms with Crippen molar-refractivity contribution >= 4 is 81.2 Å². The summed E-state index contributed by atoms with van der Waals surface area (Å²) in [6, 6.07) is 6.98. The van der Waals surface area contributed by atoms with Gasteiger partial charge in [-0.15, -0.1) is 0 Å². The molecular weight excluding hydrogens is 408 g/mol. The number of aliphatic hydroxyl groups is 1. The van der Waals surface area contributed by atoms with Crippen molar-refractivity contribution in [3.05, 3.63) is 35.4 Å². The highest BCUT2D eigenvalue weighted by atomic mass is 35.6. The van der Waals surface area contributed by atoms with E-state index in [0.717, 1.165) is 5.56 Å². The Hall–Kier alpha value is 1.21. The Kier molecular flexibility index (Phi) is 6.92. The van der Waals surface area contributed by atoms with Crippen LogP contribution in [0.15, 0.2) is 24.3 Å². The van der Waals surface area contributed by atoms with Crippen LogP contribution in [0, 0.1) is 0 Å². The maximum absolute atomic E-state index is 8.93. The zero-order chi connectivity index (χ0) is 15.6. The van der Waals surface area contributed by atoms with Crippen LogP contribution in [0.1, 0.15) is 17.5 Å². The van der Waals surface area contributed by atoms with Crippen LogP contribution in [-0.4, -0.2) is 19.8 Å². The second-order valence-corrected chi connectivity index (χ2v) is 9.07. The van der Waals surface area contributed by atoms with Crippen LogP contribution in [0.2, 0.25) is 0 Å². The van der Waals surface area contributed by atoms with Crippen LogP contribution in [0.5, 0.6) is 0 Å². The van der Waals surface area contributed by atoms with Gasteiger partial charge in [-0.3, -0.25) is 0 Å². The van der Waals surface area contributed by atoms with Gasteiger partial charge in [0, 0.05) is 6.61 Å². The lowest BCUT2D eigenvalue weighted by atomic mass is 9.98. The molecular formula is C12H11Cl7O. The number of hydrogen-bond acceptors (Lipinski definition) is 1. The Morgan fingerprint density at radius 2 is 1.45 bits per heavy atom. The molecule has 0 bridgehead atoms. The van der Waals surface area contributed by atoms with Crippen molar-refractivity contribution in [2.24, 2.45) is 0 Å². The standard InChI is InChI=1S/C12H11Cl7O/c13-10(14,11(15,16)12(17,18)19)9-6-2-1-4-8(9)5-3-7-20/h1-2,4,6,20H,3,5,7H2. The molecule has 1 nitrogen and oxygen atoms in total. The average molecular weight is 419 g/mol. The summed E-state index contributed by atoms with van der Waals surface area (Å²) in [4.78, 5) is 0. The van der Waals surface area contributed by atoms with E-state index in [1.807, 2.05) is 0 Å². The van der Waals surface area contributed by atoms with E-state index in [9.17, 15) is 0 Å². The minimum Gasteiger partial charge on any atom is -0.396 e. The third-order valence-corrected chi connectivity index (χ3v) is 6.64. The Balaban J connectivity index is 3.28. The van der Waals surface area contributed by atoms with Crippen molar-refractivity contribution in [2.75, 3.05) is 6.61 Å². The second-order valence-electron chi connectivity index (χ2n) is 4.13. The van der Waals surface area contributed by atoms with E-state index in [0.29, 0.717) is 18.4 Å². The fourth-order valence-corrected chi connectivity index (χ4v) is 3.23. The Bertz CT molecular complexity index is 453. The molecule has 1 aromatic rings. The van der Waals surface area contributed by atoms with Crippen molar-refractivity contribution in [1.29, 1.82) is 0 Å². The number of hydrogen-bond donors (Lipinski definition) is 1. The normalized spacial score (nSPS) is 13.6. The lowest BCUT2D eigenvalue weighted by Crippen LogP contribution is -2.45. The van der Waals surface area contributed by atoms with E-state index < -0.39 is 12.5 Å². The summed E-state index contributed by atoms with van der Waals surface area (Å²) in [5.41, 5.74) is 1.21. The lowest BCUT2D eigenvalue weighted by molar-refractivity contribution is 0.288. The Morgan fingerprint density at radius 3 is 1.95 bits per heavy atom. The average Bonchev–Trinajstić information content (AvgIpc) is 2.35. The minimum atomic E-state index is -2.09. The maximum Gasteiger partial charge on any atom is 0.226 e. The Morgan fingerprint density at radius 1 is 0.900 bits per heavy atom. The maximum atomic E-state index is 8.93. The molecule has 1 aromatic carbocycles. The molecule has 0 spiro atoms. The first-order valence-corrected chi connectivity index (χ1v) is 8.22. The first-order chi connectivity index (χ1) is 9.05. The number of alkyl halides is 7. The van der Waals surface area contributed by atoms with Gasteiger partial charge in [-0.25, -0.2) is 0 Å². The molecule has 0 unspecified atom stereocenters. The van der Waals surface area contributed by atoms with Crippen LogP contribution < -0.4 is 0 Å². The molecule has 0 aliphatic carbocycles. The third kappa shape index (κ3) is 3.94. The van der Waals surface area contributed by atoms with Crippen molar-refractivity contribution in [2.45, 2.75) is 25.3 Å². The van der Waals surface area contributed by atoms with E-state index in [1.54, 1.807) is 24.3 Å². The van der Waals surface area contributed by atoms with E-state index in [2.05, 4.69) is 0 Å². The highest BCUT2D eigenvalue weighted by molar-refractivity contribution is 6.78. The Labute approximate surface area is 153 Å². The van der Waals surface area contributed by atoms with Crippen molar-refractivity contribution in [3.8, 4) is 0 Å². The fraction of sp³-hybridized carbons (Fsp3) is 0.500. The van der Waals surface area contributed by atoms with Gasteiger partial charge < -0.3 is 5.11 Å². The van der Waals surface area contributed by atoms with E-state index in [1.165, 1.54) is 0 Å². The SMILES string of the molecule is OCCCc1ccccc1C(Cl)(Cl)C(Cl)(Cl)C(Cl)(Cl)Cl. The van der Waals surface area contributed by atoms with Gasteiger partial charge in [0.1, 0.15) is 0 Å². The lowest BCUT2D eigenvalue weighted by Gasteiger charge is -2.38. The van der Waals surface area contributed by atoms with Crippen LogP contribution in [0.25, 0.3) is 0 Å². The zero-order valence-electron chi connectivity index (χ0n) is 10.0. The minimum absolute atomic E-state index is 0.0310. The van der Waals surface area contributed by atoms with Crippen LogP contribution in [0.3, 0.4) is 0 Å². The smallest absolute Gasteiger partial charge is 0.226 e. The third-order valence-electron chi connectivity index (χ3n) is 2.71. The first-order valence-electron chi connectivity index (χ1n) is 5.57. The summed E-state index contributed by atoms with van der Waals surface area (Å²) in [6.07, 6.45) is 1.07.